The third-order valence-electron chi connectivity index (χ3n) is 5.13. The van der Waals surface area contributed by atoms with Gasteiger partial charge in [0, 0.05) is 37.5 Å². The molecule has 0 bridgehead atoms. The number of carbonyl (C=O) groups excluding carboxylic acids is 2. The van der Waals surface area contributed by atoms with Gasteiger partial charge in [0.05, 0.1) is 37.4 Å². The average molecular weight is 472 g/mol. The van der Waals surface area contributed by atoms with Crippen LogP contribution in [0.25, 0.3) is 0 Å². The van der Waals surface area contributed by atoms with Gasteiger partial charge < -0.3 is 24.3 Å². The molecule has 1 atom stereocenters. The number of hydrogen-bond donors (Lipinski definition) is 1. The highest BCUT2D eigenvalue weighted by Crippen LogP contribution is 2.30. The Hall–Kier alpha value is -3.11. The third-order valence-corrected chi connectivity index (χ3v) is 6.08. The van der Waals surface area contributed by atoms with Crippen LogP contribution in [-0.2, 0) is 14.3 Å². The summed E-state index contributed by atoms with van der Waals surface area (Å²) >= 11 is 1.53. The summed E-state index contributed by atoms with van der Waals surface area (Å²) in [6.45, 7) is 1.63. The van der Waals surface area contributed by atoms with E-state index < -0.39 is 6.10 Å². The van der Waals surface area contributed by atoms with Gasteiger partial charge in [-0.15, -0.1) is 0 Å². The van der Waals surface area contributed by atoms with Crippen LogP contribution < -0.4 is 14.8 Å². The first-order valence-corrected chi connectivity index (χ1v) is 11.7. The maximum Gasteiger partial charge on any atom is 0.280 e. The van der Waals surface area contributed by atoms with E-state index in [1.165, 1.54) is 11.8 Å². The smallest absolute Gasteiger partial charge is 0.280 e. The number of nitrogens with zero attached hydrogens (tertiary/aromatic N) is 2. The summed E-state index contributed by atoms with van der Waals surface area (Å²) in [6, 6.07) is 5.18. The zero-order chi connectivity index (χ0) is 23.2. The maximum absolute atomic E-state index is 12.5. The molecule has 1 aromatic carbocycles. The van der Waals surface area contributed by atoms with E-state index >= 15 is 0 Å². The highest BCUT2D eigenvalue weighted by molar-refractivity contribution is 8.00. The Balaban J connectivity index is 1.26. The number of amidine groups is 1. The molecule has 2 heterocycles. The second-order valence-electron chi connectivity index (χ2n) is 7.34. The second kappa shape index (κ2) is 10.7. The number of allylic oxidation sites excluding steroid dienone is 1. The van der Waals surface area contributed by atoms with Crippen LogP contribution >= 0.6 is 11.8 Å². The van der Waals surface area contributed by atoms with Crippen molar-refractivity contribution >= 4 is 35.1 Å². The minimum absolute atomic E-state index is 0.182. The quantitative estimate of drug-likeness (QED) is 0.579. The van der Waals surface area contributed by atoms with Gasteiger partial charge in [-0.1, -0.05) is 0 Å². The first-order valence-electron chi connectivity index (χ1n) is 10.6. The number of aliphatic imine (C=N–C) groups is 2. The highest BCUT2D eigenvalue weighted by atomic mass is 32.2. The fourth-order valence-electron chi connectivity index (χ4n) is 3.46. The number of methoxy groups -OCH3 is 2. The zero-order valence-corrected chi connectivity index (χ0v) is 19.3. The Morgan fingerprint density at radius 2 is 2.03 bits per heavy atom. The summed E-state index contributed by atoms with van der Waals surface area (Å²) in [6.07, 6.45) is 3.75. The molecule has 1 aliphatic carbocycles. The highest BCUT2D eigenvalue weighted by Gasteiger charge is 2.28. The largest absolute Gasteiger partial charge is 0.498 e. The van der Waals surface area contributed by atoms with E-state index in [1.807, 2.05) is 0 Å². The van der Waals surface area contributed by atoms with Gasteiger partial charge in [0.1, 0.15) is 17.7 Å². The molecule has 4 rings (SSSR count). The number of nitrogens with one attached hydrogen (secondary N) is 1. The Kier molecular flexibility index (Phi) is 7.46. The van der Waals surface area contributed by atoms with Crippen molar-refractivity contribution in [1.82, 2.24) is 5.32 Å². The van der Waals surface area contributed by atoms with Crippen LogP contribution in [0.4, 0.5) is 0 Å². The standard InChI is InChI=1S/C23H25N3O6S/c1-29-18-11-15-16(12-19(18)30-2)25-21(26-23(15)28)13-33-9-6-24-22(27)14-4-5-17-20(10-14)32-8-3-7-31-17/h4-5,10-12,18H,3,6-9,13H2,1-2H3,(H,24,27). The van der Waals surface area contributed by atoms with Crippen molar-refractivity contribution in [3.05, 3.63) is 47.2 Å². The van der Waals surface area contributed by atoms with Gasteiger partial charge in [-0.2, -0.15) is 16.8 Å². The average Bonchev–Trinajstić information content (AvgIpc) is 3.08. The third kappa shape index (κ3) is 5.45. The number of benzene rings is 1. The van der Waals surface area contributed by atoms with E-state index in [-0.39, 0.29) is 11.8 Å². The summed E-state index contributed by atoms with van der Waals surface area (Å²) in [7, 11) is 3.09. The lowest BCUT2D eigenvalue weighted by atomic mass is 9.99. The summed E-state index contributed by atoms with van der Waals surface area (Å²) in [5, 5.41) is 2.89. The summed E-state index contributed by atoms with van der Waals surface area (Å²) in [5.74, 6) is 2.84. The number of carbonyl (C=O) groups is 2. The van der Waals surface area contributed by atoms with Crippen LogP contribution in [0.1, 0.15) is 16.8 Å². The Morgan fingerprint density at radius 3 is 2.82 bits per heavy atom. The number of rotatable bonds is 8. The van der Waals surface area contributed by atoms with Crippen molar-refractivity contribution in [3.8, 4) is 11.5 Å². The molecule has 1 aromatic rings. The van der Waals surface area contributed by atoms with Gasteiger partial charge in [0.15, 0.2) is 11.5 Å². The van der Waals surface area contributed by atoms with Gasteiger partial charge >= 0.3 is 0 Å². The fraction of sp³-hybridized carbons (Fsp3) is 0.391. The lowest BCUT2D eigenvalue weighted by molar-refractivity contribution is -0.114. The zero-order valence-electron chi connectivity index (χ0n) is 18.5. The molecule has 0 aromatic heterocycles. The van der Waals surface area contributed by atoms with E-state index in [9.17, 15) is 9.59 Å². The molecule has 1 N–H and O–H groups in total. The Morgan fingerprint density at radius 1 is 1.21 bits per heavy atom. The van der Waals surface area contributed by atoms with E-state index in [4.69, 9.17) is 18.9 Å². The minimum atomic E-state index is -0.429. The predicted molar refractivity (Wildman–Crippen MR) is 126 cm³/mol. The number of amides is 2. The topological polar surface area (TPSA) is 108 Å². The fourth-order valence-corrected chi connectivity index (χ4v) is 4.16. The molecule has 174 valence electrons. The van der Waals surface area contributed by atoms with Gasteiger partial charge in [-0.25, -0.2) is 4.99 Å². The molecule has 2 amide bonds. The van der Waals surface area contributed by atoms with Crippen molar-refractivity contribution in [1.29, 1.82) is 0 Å². The number of ether oxygens (including phenoxy) is 4. The summed E-state index contributed by atoms with van der Waals surface area (Å²) < 4.78 is 21.9. The predicted octanol–water partition coefficient (Wildman–Crippen LogP) is 2.18. The molecule has 1 unspecified atom stereocenters. The van der Waals surface area contributed by atoms with Crippen LogP contribution in [0.3, 0.4) is 0 Å². The normalized spacial score (nSPS) is 19.3. The van der Waals surface area contributed by atoms with E-state index in [0.717, 1.165) is 6.42 Å². The van der Waals surface area contributed by atoms with Gasteiger partial charge in [0.2, 0.25) is 0 Å². The monoisotopic (exact) mass is 471 g/mol. The van der Waals surface area contributed by atoms with E-state index in [1.54, 1.807) is 44.6 Å². The molecule has 3 aliphatic rings. The molecule has 2 aliphatic heterocycles. The summed E-state index contributed by atoms with van der Waals surface area (Å²) in [4.78, 5) is 33.4. The number of thioether (sulfide) groups is 1. The van der Waals surface area contributed by atoms with Crippen molar-refractivity contribution < 1.29 is 28.5 Å². The van der Waals surface area contributed by atoms with Crippen molar-refractivity contribution in [3.63, 3.8) is 0 Å². The molecule has 9 nitrogen and oxygen atoms in total. The lowest BCUT2D eigenvalue weighted by Crippen LogP contribution is -2.28. The molecule has 0 saturated heterocycles. The Labute approximate surface area is 195 Å². The molecule has 33 heavy (non-hydrogen) atoms. The van der Waals surface area contributed by atoms with Crippen LogP contribution in [0.2, 0.25) is 0 Å². The van der Waals surface area contributed by atoms with Crippen LogP contribution in [0.15, 0.2) is 51.7 Å². The second-order valence-corrected chi connectivity index (χ2v) is 8.44. The SMILES string of the molecule is COC1=CC2=NC(CSCCNC(=O)c3ccc4c(c3)OCCCO4)=NC(=O)C2=CC1OC. The van der Waals surface area contributed by atoms with Gasteiger partial charge in [0.25, 0.3) is 11.8 Å². The first-order chi connectivity index (χ1) is 16.1. The lowest BCUT2D eigenvalue weighted by Gasteiger charge is -2.22. The maximum atomic E-state index is 12.5. The Bertz CT molecular complexity index is 1060. The summed E-state index contributed by atoms with van der Waals surface area (Å²) in [5.41, 5.74) is 1.46. The van der Waals surface area contributed by atoms with Gasteiger partial charge in [-0.05, 0) is 24.3 Å². The van der Waals surface area contributed by atoms with Crippen LogP contribution in [0, 0.1) is 0 Å². The molecular weight excluding hydrogens is 446 g/mol. The van der Waals surface area contributed by atoms with Crippen LogP contribution in [-0.4, -0.2) is 74.9 Å². The molecular formula is C23H25N3O6S. The molecule has 0 spiro atoms. The molecule has 0 saturated carbocycles. The van der Waals surface area contributed by atoms with Crippen LogP contribution in [0.5, 0.6) is 11.5 Å². The minimum Gasteiger partial charge on any atom is -0.498 e. The number of fused-ring (bicyclic) bond motifs is 2. The first kappa shape index (κ1) is 23.1. The number of hydrogen-bond acceptors (Lipinski definition) is 8. The van der Waals surface area contributed by atoms with Gasteiger partial charge in [-0.3, -0.25) is 9.59 Å². The van der Waals surface area contributed by atoms with Crippen molar-refractivity contribution in [2.45, 2.75) is 12.5 Å². The van der Waals surface area contributed by atoms with Crippen molar-refractivity contribution in [2.75, 3.05) is 45.5 Å². The molecule has 0 fully saturated rings. The van der Waals surface area contributed by atoms with Crippen molar-refractivity contribution in [2.24, 2.45) is 9.98 Å². The molecule has 0 radical (unpaired) electrons. The van der Waals surface area contributed by atoms with E-state index in [0.29, 0.717) is 71.2 Å². The molecule has 10 heteroatoms. The van der Waals surface area contributed by atoms with E-state index in [2.05, 4.69) is 15.3 Å².